The Balaban J connectivity index is 1.60. The average molecular weight is 388 g/mol. The van der Waals surface area contributed by atoms with Crippen molar-refractivity contribution in [3.05, 3.63) is 78.1 Å². The van der Waals surface area contributed by atoms with E-state index in [9.17, 15) is 13.2 Å². The molecule has 1 aliphatic heterocycles. The van der Waals surface area contributed by atoms with Crippen LogP contribution >= 0.6 is 0 Å². The van der Waals surface area contributed by atoms with Crippen LogP contribution in [0.25, 0.3) is 5.69 Å². The summed E-state index contributed by atoms with van der Waals surface area (Å²) in [4.78, 5) is 2.12. The van der Waals surface area contributed by atoms with Crippen LogP contribution in [-0.4, -0.2) is 24.8 Å². The van der Waals surface area contributed by atoms with Gasteiger partial charge < -0.3 is 18.9 Å². The molecule has 4 rings (SSSR count). The molecule has 0 saturated carbocycles. The molecule has 0 radical (unpaired) electrons. The number of hydrogen-bond acceptors (Lipinski definition) is 3. The molecule has 1 aromatic heterocycles. The van der Waals surface area contributed by atoms with Crippen LogP contribution in [0.15, 0.2) is 67.0 Å². The van der Waals surface area contributed by atoms with Gasteiger partial charge in [-0.2, -0.15) is 13.2 Å². The number of methoxy groups -OCH3 is 1. The first-order chi connectivity index (χ1) is 13.5. The fraction of sp³-hybridized carbons (Fsp3) is 0.238. The molecular weight excluding hydrogens is 369 g/mol. The van der Waals surface area contributed by atoms with Crippen molar-refractivity contribution >= 4 is 5.69 Å². The van der Waals surface area contributed by atoms with E-state index in [4.69, 9.17) is 9.47 Å². The van der Waals surface area contributed by atoms with Crippen LogP contribution in [0.5, 0.6) is 5.75 Å². The van der Waals surface area contributed by atoms with Crippen LogP contribution < -0.4 is 9.64 Å². The average Bonchev–Trinajstić information content (AvgIpc) is 3.36. The lowest BCUT2D eigenvalue weighted by Crippen LogP contribution is -2.23. The predicted octanol–water partition coefficient (Wildman–Crippen LogP) is 5.04. The normalized spacial score (nSPS) is 17.1. The topological polar surface area (TPSA) is 26.6 Å². The summed E-state index contributed by atoms with van der Waals surface area (Å²) in [5, 5.41) is 0. The Bertz CT molecular complexity index is 951. The standard InChI is InChI=1S/C21H19F3N2O2/c1-27-19-5-3-2-4-18(19)26-12-13-28-20(26)15-10-11-25(14-15)17-8-6-16(7-9-17)21(22,23)24/h2-11,14,20H,12-13H2,1H3/t20-/m1/s1. The van der Waals surface area contributed by atoms with E-state index in [-0.39, 0.29) is 6.23 Å². The van der Waals surface area contributed by atoms with E-state index in [0.29, 0.717) is 12.3 Å². The minimum Gasteiger partial charge on any atom is -0.495 e. The Morgan fingerprint density at radius 3 is 2.50 bits per heavy atom. The number of aromatic nitrogens is 1. The lowest BCUT2D eigenvalue weighted by molar-refractivity contribution is -0.137. The fourth-order valence-electron chi connectivity index (χ4n) is 3.40. The molecule has 0 unspecified atom stereocenters. The minimum atomic E-state index is -4.34. The van der Waals surface area contributed by atoms with Crippen LogP contribution in [0.3, 0.4) is 0 Å². The molecule has 0 aliphatic carbocycles. The first-order valence-electron chi connectivity index (χ1n) is 8.84. The number of rotatable bonds is 4. The zero-order chi connectivity index (χ0) is 19.7. The highest BCUT2D eigenvalue weighted by Crippen LogP contribution is 2.38. The van der Waals surface area contributed by atoms with E-state index in [0.717, 1.165) is 35.7 Å². The summed E-state index contributed by atoms with van der Waals surface area (Å²) in [7, 11) is 1.63. The highest BCUT2D eigenvalue weighted by molar-refractivity contribution is 5.60. The van der Waals surface area contributed by atoms with Crippen molar-refractivity contribution in [2.75, 3.05) is 25.2 Å². The predicted molar refractivity (Wildman–Crippen MR) is 99.8 cm³/mol. The van der Waals surface area contributed by atoms with Crippen LogP contribution in [0.1, 0.15) is 17.4 Å². The zero-order valence-corrected chi connectivity index (χ0v) is 15.2. The van der Waals surface area contributed by atoms with Crippen LogP contribution in [0.2, 0.25) is 0 Å². The van der Waals surface area contributed by atoms with Crippen molar-refractivity contribution in [3.8, 4) is 11.4 Å². The smallest absolute Gasteiger partial charge is 0.416 e. The van der Waals surface area contributed by atoms with Crippen molar-refractivity contribution in [2.45, 2.75) is 12.4 Å². The summed E-state index contributed by atoms with van der Waals surface area (Å²) in [5.74, 6) is 0.764. The Hall–Kier alpha value is -2.93. The number of alkyl halides is 3. The third-order valence-corrected chi connectivity index (χ3v) is 4.78. The van der Waals surface area contributed by atoms with Gasteiger partial charge in [0.25, 0.3) is 0 Å². The van der Waals surface area contributed by atoms with E-state index in [1.807, 2.05) is 42.7 Å². The molecule has 0 amide bonds. The molecule has 7 heteroatoms. The molecule has 0 bridgehead atoms. The Labute approximate surface area is 160 Å². The minimum absolute atomic E-state index is 0.285. The molecule has 0 spiro atoms. The fourth-order valence-corrected chi connectivity index (χ4v) is 3.40. The van der Waals surface area contributed by atoms with E-state index in [2.05, 4.69) is 4.90 Å². The Morgan fingerprint density at radius 2 is 1.79 bits per heavy atom. The van der Waals surface area contributed by atoms with E-state index in [1.54, 1.807) is 11.7 Å². The molecule has 1 atom stereocenters. The maximum atomic E-state index is 12.8. The van der Waals surface area contributed by atoms with E-state index >= 15 is 0 Å². The van der Waals surface area contributed by atoms with Crippen LogP contribution in [0, 0.1) is 0 Å². The number of halogens is 3. The van der Waals surface area contributed by atoms with Crippen molar-refractivity contribution in [1.29, 1.82) is 0 Å². The summed E-state index contributed by atoms with van der Waals surface area (Å²) in [5.41, 5.74) is 1.85. The number of benzene rings is 2. The molecule has 1 aliphatic rings. The maximum Gasteiger partial charge on any atom is 0.416 e. The van der Waals surface area contributed by atoms with Gasteiger partial charge >= 0.3 is 6.18 Å². The second-order valence-electron chi connectivity index (χ2n) is 6.49. The van der Waals surface area contributed by atoms with Crippen LogP contribution in [0.4, 0.5) is 18.9 Å². The van der Waals surface area contributed by atoms with Crippen molar-refractivity contribution in [1.82, 2.24) is 4.57 Å². The Kier molecular flexibility index (Phi) is 4.77. The summed E-state index contributed by atoms with van der Waals surface area (Å²) in [6.07, 6.45) is -0.930. The first-order valence-corrected chi connectivity index (χ1v) is 8.84. The van der Waals surface area contributed by atoms with Gasteiger partial charge in [-0.15, -0.1) is 0 Å². The Morgan fingerprint density at radius 1 is 1.04 bits per heavy atom. The van der Waals surface area contributed by atoms with Gasteiger partial charge in [0.05, 0.1) is 25.0 Å². The second-order valence-corrected chi connectivity index (χ2v) is 6.49. The van der Waals surface area contributed by atoms with Gasteiger partial charge in [-0.05, 0) is 42.5 Å². The summed E-state index contributed by atoms with van der Waals surface area (Å²) in [6.45, 7) is 1.30. The highest BCUT2D eigenvalue weighted by atomic mass is 19.4. The number of ether oxygens (including phenoxy) is 2. The number of anilines is 1. The maximum absolute atomic E-state index is 12.8. The lowest BCUT2D eigenvalue weighted by atomic mass is 10.2. The van der Waals surface area contributed by atoms with Crippen LogP contribution in [-0.2, 0) is 10.9 Å². The molecule has 1 saturated heterocycles. The lowest BCUT2D eigenvalue weighted by Gasteiger charge is -2.26. The van der Waals surface area contributed by atoms with Gasteiger partial charge in [-0.1, -0.05) is 12.1 Å². The molecule has 0 N–H and O–H groups in total. The molecule has 2 aromatic carbocycles. The number of para-hydroxylation sites is 2. The van der Waals surface area contributed by atoms with E-state index in [1.165, 1.54) is 12.1 Å². The number of nitrogens with zero attached hydrogens (tertiary/aromatic N) is 2. The quantitative estimate of drug-likeness (QED) is 0.627. The SMILES string of the molecule is COc1ccccc1N1CCO[C@@H]1c1ccn(-c2ccc(C(F)(F)F)cc2)c1. The van der Waals surface area contributed by atoms with Gasteiger partial charge in [0.1, 0.15) is 5.75 Å². The summed E-state index contributed by atoms with van der Waals surface area (Å²) >= 11 is 0. The third-order valence-electron chi connectivity index (χ3n) is 4.78. The van der Waals surface area contributed by atoms with Gasteiger partial charge in [-0.25, -0.2) is 0 Å². The first kappa shape index (κ1) is 18.4. The largest absolute Gasteiger partial charge is 0.495 e. The molecular formula is C21H19F3N2O2. The molecule has 28 heavy (non-hydrogen) atoms. The summed E-state index contributed by atoms with van der Waals surface area (Å²) < 4.78 is 51.4. The molecule has 146 valence electrons. The second kappa shape index (κ2) is 7.24. The monoisotopic (exact) mass is 388 g/mol. The van der Waals surface area contributed by atoms with Gasteiger partial charge in [-0.3, -0.25) is 0 Å². The van der Waals surface area contributed by atoms with Crippen molar-refractivity contribution in [2.24, 2.45) is 0 Å². The van der Waals surface area contributed by atoms with Crippen molar-refractivity contribution in [3.63, 3.8) is 0 Å². The van der Waals surface area contributed by atoms with Crippen molar-refractivity contribution < 1.29 is 22.6 Å². The number of hydrogen-bond donors (Lipinski definition) is 0. The van der Waals surface area contributed by atoms with Gasteiger partial charge in [0, 0.05) is 30.2 Å². The third kappa shape index (κ3) is 3.45. The van der Waals surface area contributed by atoms with Gasteiger partial charge in [0.2, 0.25) is 0 Å². The molecule has 2 heterocycles. The van der Waals surface area contributed by atoms with E-state index < -0.39 is 11.7 Å². The highest BCUT2D eigenvalue weighted by Gasteiger charge is 2.31. The molecule has 1 fully saturated rings. The summed E-state index contributed by atoms with van der Waals surface area (Å²) in [6, 6.07) is 14.7. The molecule has 4 nitrogen and oxygen atoms in total. The molecule has 3 aromatic rings. The zero-order valence-electron chi connectivity index (χ0n) is 15.2. The van der Waals surface area contributed by atoms with Gasteiger partial charge in [0.15, 0.2) is 6.23 Å².